The molecule has 0 aliphatic carbocycles. The van der Waals surface area contributed by atoms with Gasteiger partial charge in [-0.1, -0.05) is 108 Å². The zero-order valence-electron chi connectivity index (χ0n) is 18.4. The highest BCUT2D eigenvalue weighted by Crippen LogP contribution is 2.22. The lowest BCUT2D eigenvalue weighted by Crippen LogP contribution is -2.07. The van der Waals surface area contributed by atoms with Gasteiger partial charge in [-0.05, 0) is 47.2 Å². The lowest BCUT2D eigenvalue weighted by Gasteiger charge is -2.08. The summed E-state index contributed by atoms with van der Waals surface area (Å²) in [6.45, 7) is 4.51. The molecule has 0 bridgehead atoms. The van der Waals surface area contributed by atoms with Crippen LogP contribution < -0.4 is 0 Å². The molecule has 4 rings (SSSR count). The molecule has 4 aromatic carbocycles. The van der Waals surface area contributed by atoms with Gasteiger partial charge in [0.2, 0.25) is 0 Å². The van der Waals surface area contributed by atoms with Crippen molar-refractivity contribution in [1.82, 2.24) is 0 Å². The minimum absolute atomic E-state index is 0.180. The average molecular weight is 423 g/mol. The second kappa shape index (κ2) is 9.97. The molecule has 0 aliphatic rings. The van der Waals surface area contributed by atoms with E-state index in [0.29, 0.717) is 0 Å². The van der Waals surface area contributed by atoms with Crippen LogP contribution in [0.5, 0.6) is 0 Å². The Bertz CT molecular complexity index is 1060. The van der Waals surface area contributed by atoms with Crippen LogP contribution in [0.25, 0.3) is 22.3 Å². The Balaban J connectivity index is 1.25. The summed E-state index contributed by atoms with van der Waals surface area (Å²) in [5.41, 5.74) is 8.89. The standard InChI is InChI=1S/C29H26O3/c1-21-3-11-25(12-4-21)27-15-7-23(8-16-27)19-31-29(30)32-20-24-9-17-28(18-10-24)26-13-5-22(2)6-14-26/h3-18H,19-20H2,1-2H3. The molecule has 0 fully saturated rings. The molecule has 0 saturated carbocycles. The predicted molar refractivity (Wildman–Crippen MR) is 128 cm³/mol. The van der Waals surface area contributed by atoms with Crippen molar-refractivity contribution < 1.29 is 14.3 Å². The average Bonchev–Trinajstić information content (AvgIpc) is 2.83. The van der Waals surface area contributed by atoms with Crippen molar-refractivity contribution in [2.45, 2.75) is 27.1 Å². The van der Waals surface area contributed by atoms with E-state index in [4.69, 9.17) is 9.47 Å². The number of rotatable bonds is 6. The fourth-order valence-electron chi connectivity index (χ4n) is 3.41. The zero-order valence-corrected chi connectivity index (χ0v) is 18.4. The van der Waals surface area contributed by atoms with Gasteiger partial charge >= 0.3 is 6.16 Å². The first-order chi connectivity index (χ1) is 15.6. The molecule has 3 heteroatoms. The first-order valence-electron chi connectivity index (χ1n) is 10.7. The molecule has 4 aromatic rings. The van der Waals surface area contributed by atoms with Gasteiger partial charge in [0.1, 0.15) is 13.2 Å². The Morgan fingerprint density at radius 2 is 0.781 bits per heavy atom. The number of hydrogen-bond acceptors (Lipinski definition) is 3. The maximum absolute atomic E-state index is 12.0. The van der Waals surface area contributed by atoms with E-state index in [1.165, 1.54) is 11.1 Å². The Kier molecular flexibility index (Phi) is 6.66. The molecule has 0 saturated heterocycles. The first kappa shape index (κ1) is 21.4. The summed E-state index contributed by atoms with van der Waals surface area (Å²) in [6.07, 6.45) is -0.671. The quantitative estimate of drug-likeness (QED) is 0.302. The lowest BCUT2D eigenvalue weighted by molar-refractivity contribution is 0.0446. The van der Waals surface area contributed by atoms with E-state index in [1.807, 2.05) is 48.5 Å². The third kappa shape index (κ3) is 5.64. The molecule has 0 aromatic heterocycles. The van der Waals surface area contributed by atoms with Gasteiger partial charge in [0.15, 0.2) is 0 Å². The van der Waals surface area contributed by atoms with E-state index < -0.39 is 6.16 Å². The number of ether oxygens (including phenoxy) is 2. The second-order valence-electron chi connectivity index (χ2n) is 7.95. The Morgan fingerprint density at radius 3 is 1.09 bits per heavy atom. The van der Waals surface area contributed by atoms with Crippen LogP contribution in [-0.2, 0) is 22.7 Å². The maximum atomic E-state index is 12.0. The maximum Gasteiger partial charge on any atom is 0.508 e. The number of carbonyl (C=O) groups is 1. The molecule has 0 spiro atoms. The summed E-state index contributed by atoms with van der Waals surface area (Å²) in [5, 5.41) is 0. The van der Waals surface area contributed by atoms with Crippen molar-refractivity contribution in [2.75, 3.05) is 0 Å². The summed E-state index contributed by atoms with van der Waals surface area (Å²) in [7, 11) is 0. The highest BCUT2D eigenvalue weighted by atomic mass is 16.7. The number of hydrogen-bond donors (Lipinski definition) is 0. The second-order valence-corrected chi connectivity index (χ2v) is 7.95. The van der Waals surface area contributed by atoms with Crippen LogP contribution in [0.4, 0.5) is 4.79 Å². The van der Waals surface area contributed by atoms with E-state index in [-0.39, 0.29) is 13.2 Å². The van der Waals surface area contributed by atoms with E-state index in [0.717, 1.165) is 33.4 Å². The monoisotopic (exact) mass is 422 g/mol. The van der Waals surface area contributed by atoms with Gasteiger partial charge in [0.25, 0.3) is 0 Å². The lowest BCUT2D eigenvalue weighted by atomic mass is 10.0. The van der Waals surface area contributed by atoms with Gasteiger partial charge in [-0.3, -0.25) is 0 Å². The largest absolute Gasteiger partial charge is 0.508 e. The normalized spacial score (nSPS) is 10.6. The fraction of sp³-hybridized carbons (Fsp3) is 0.138. The first-order valence-corrected chi connectivity index (χ1v) is 10.7. The van der Waals surface area contributed by atoms with Gasteiger partial charge in [-0.15, -0.1) is 0 Å². The molecule has 32 heavy (non-hydrogen) atoms. The molecule has 0 amide bonds. The smallest absolute Gasteiger partial charge is 0.429 e. The Labute approximate surface area is 189 Å². The van der Waals surface area contributed by atoms with Crippen molar-refractivity contribution in [3.63, 3.8) is 0 Å². The van der Waals surface area contributed by atoms with Crippen LogP contribution in [0.3, 0.4) is 0 Å². The molecule has 0 N–H and O–H groups in total. The van der Waals surface area contributed by atoms with Gasteiger partial charge in [-0.2, -0.15) is 0 Å². The van der Waals surface area contributed by atoms with Crippen LogP contribution in [0.1, 0.15) is 22.3 Å². The van der Waals surface area contributed by atoms with E-state index >= 15 is 0 Å². The summed E-state index contributed by atoms with van der Waals surface area (Å²) in [6, 6.07) is 32.8. The molecular weight excluding hydrogens is 396 g/mol. The molecule has 0 aliphatic heterocycles. The molecule has 0 unspecified atom stereocenters. The predicted octanol–water partition coefficient (Wildman–Crippen LogP) is 7.49. The minimum Gasteiger partial charge on any atom is -0.429 e. The van der Waals surface area contributed by atoms with Gasteiger partial charge in [-0.25, -0.2) is 4.79 Å². The molecule has 3 nitrogen and oxygen atoms in total. The summed E-state index contributed by atoms with van der Waals surface area (Å²) >= 11 is 0. The molecule has 0 heterocycles. The zero-order chi connectivity index (χ0) is 22.3. The van der Waals surface area contributed by atoms with Crippen molar-refractivity contribution in [1.29, 1.82) is 0 Å². The van der Waals surface area contributed by atoms with Crippen LogP contribution in [0.2, 0.25) is 0 Å². The number of aryl methyl sites for hydroxylation is 2. The number of carbonyl (C=O) groups excluding carboxylic acids is 1. The van der Waals surface area contributed by atoms with Crippen LogP contribution in [-0.4, -0.2) is 6.16 Å². The molecular formula is C29H26O3. The Hall–Kier alpha value is -3.85. The summed E-state index contributed by atoms with van der Waals surface area (Å²) in [4.78, 5) is 12.0. The van der Waals surface area contributed by atoms with Gasteiger partial charge in [0.05, 0.1) is 0 Å². The Morgan fingerprint density at radius 1 is 0.500 bits per heavy atom. The topological polar surface area (TPSA) is 35.5 Å². The fourth-order valence-corrected chi connectivity index (χ4v) is 3.41. The highest BCUT2D eigenvalue weighted by molar-refractivity contribution is 5.65. The van der Waals surface area contributed by atoms with E-state index in [2.05, 4.69) is 62.4 Å². The summed E-state index contributed by atoms with van der Waals surface area (Å²) in [5.74, 6) is 0. The summed E-state index contributed by atoms with van der Waals surface area (Å²) < 4.78 is 10.5. The van der Waals surface area contributed by atoms with Crippen molar-refractivity contribution in [3.8, 4) is 22.3 Å². The SMILES string of the molecule is Cc1ccc(-c2ccc(COC(=O)OCc3ccc(-c4ccc(C)cc4)cc3)cc2)cc1. The van der Waals surface area contributed by atoms with Gasteiger partial charge in [0, 0.05) is 0 Å². The van der Waals surface area contributed by atoms with E-state index in [1.54, 1.807) is 0 Å². The highest BCUT2D eigenvalue weighted by Gasteiger charge is 2.06. The van der Waals surface area contributed by atoms with Crippen LogP contribution >= 0.6 is 0 Å². The van der Waals surface area contributed by atoms with Crippen molar-refractivity contribution in [2.24, 2.45) is 0 Å². The van der Waals surface area contributed by atoms with Crippen LogP contribution in [0, 0.1) is 13.8 Å². The van der Waals surface area contributed by atoms with Crippen LogP contribution in [0.15, 0.2) is 97.1 Å². The van der Waals surface area contributed by atoms with E-state index in [9.17, 15) is 4.79 Å². The number of benzene rings is 4. The van der Waals surface area contributed by atoms with Gasteiger partial charge < -0.3 is 9.47 Å². The van der Waals surface area contributed by atoms with Crippen molar-refractivity contribution in [3.05, 3.63) is 119 Å². The van der Waals surface area contributed by atoms with Crippen molar-refractivity contribution >= 4 is 6.16 Å². The minimum atomic E-state index is -0.671. The molecule has 0 atom stereocenters. The third-order valence-corrected chi connectivity index (χ3v) is 5.39. The molecule has 160 valence electrons. The third-order valence-electron chi connectivity index (χ3n) is 5.39. The molecule has 0 radical (unpaired) electrons.